The molecule has 0 aliphatic heterocycles. The highest BCUT2D eigenvalue weighted by atomic mass is 16.3. The van der Waals surface area contributed by atoms with Crippen molar-refractivity contribution in [3.8, 4) is 0 Å². The molecule has 0 aromatic heterocycles. The predicted octanol–water partition coefficient (Wildman–Crippen LogP) is 3.84. The maximum absolute atomic E-state index is 10.9. The Kier molecular flexibility index (Phi) is 6.96. The number of hydrogen-bond acceptors (Lipinski definition) is 3. The fraction of sp³-hybridized carbons (Fsp3) is 0.217. The average molecular weight is 346 g/mol. The molecule has 2 atom stereocenters. The van der Waals surface area contributed by atoms with Crippen LogP contribution in [0.5, 0.6) is 0 Å². The number of nitrogens with one attached hydrogen (secondary N) is 2. The van der Waals surface area contributed by atoms with E-state index in [1.165, 1.54) is 5.56 Å². The molecule has 0 heterocycles. The molecular weight excluding hydrogens is 320 g/mol. The molecule has 0 spiro atoms. The smallest absolute Gasteiger partial charge is 0.0984 e. The topological polar surface area (TPSA) is 44.3 Å². The first-order valence-corrected chi connectivity index (χ1v) is 9.10. The van der Waals surface area contributed by atoms with Gasteiger partial charge in [0.2, 0.25) is 0 Å². The van der Waals surface area contributed by atoms with E-state index in [-0.39, 0.29) is 6.04 Å². The molecular formula is C23H26N2O. The first-order valence-electron chi connectivity index (χ1n) is 9.10. The van der Waals surface area contributed by atoms with Gasteiger partial charge in [-0.15, -0.1) is 0 Å². The van der Waals surface area contributed by atoms with Crippen LogP contribution in [0.3, 0.4) is 0 Å². The fourth-order valence-electron chi connectivity index (χ4n) is 3.06. The lowest BCUT2D eigenvalue weighted by Crippen LogP contribution is -2.33. The summed E-state index contributed by atoms with van der Waals surface area (Å²) in [5.74, 6) is 0. The van der Waals surface area contributed by atoms with E-state index in [4.69, 9.17) is 0 Å². The van der Waals surface area contributed by atoms with Gasteiger partial charge in [0.05, 0.1) is 12.1 Å². The zero-order chi connectivity index (χ0) is 18.0. The summed E-state index contributed by atoms with van der Waals surface area (Å²) in [7, 11) is 0. The van der Waals surface area contributed by atoms with E-state index in [1.54, 1.807) is 0 Å². The summed E-state index contributed by atoms with van der Waals surface area (Å²) in [5.41, 5.74) is 3.29. The highest BCUT2D eigenvalue weighted by Crippen LogP contribution is 2.28. The van der Waals surface area contributed by atoms with Gasteiger partial charge in [-0.25, -0.2) is 0 Å². The normalized spacial score (nSPS) is 13.3. The van der Waals surface area contributed by atoms with Crippen LogP contribution < -0.4 is 10.6 Å². The zero-order valence-electron chi connectivity index (χ0n) is 14.9. The van der Waals surface area contributed by atoms with Crippen LogP contribution in [0.2, 0.25) is 0 Å². The third-order valence-corrected chi connectivity index (χ3v) is 4.45. The Morgan fingerprint density at radius 1 is 0.654 bits per heavy atom. The summed E-state index contributed by atoms with van der Waals surface area (Å²) >= 11 is 0. The van der Waals surface area contributed by atoms with Crippen LogP contribution in [0.15, 0.2) is 91.0 Å². The summed E-state index contributed by atoms with van der Waals surface area (Å²) in [5, 5.41) is 17.8. The number of rotatable bonds is 9. The maximum atomic E-state index is 10.9. The summed E-state index contributed by atoms with van der Waals surface area (Å²) < 4.78 is 0. The molecule has 3 nitrogen and oxygen atoms in total. The molecule has 0 unspecified atom stereocenters. The van der Waals surface area contributed by atoms with Gasteiger partial charge in [-0.1, -0.05) is 91.0 Å². The lowest BCUT2D eigenvalue weighted by atomic mass is 9.96. The van der Waals surface area contributed by atoms with E-state index in [1.807, 2.05) is 54.6 Å². The molecule has 0 aliphatic rings. The van der Waals surface area contributed by atoms with Gasteiger partial charge in [0.1, 0.15) is 0 Å². The first kappa shape index (κ1) is 18.3. The Hall–Kier alpha value is -2.46. The van der Waals surface area contributed by atoms with Crippen molar-refractivity contribution in [2.75, 3.05) is 13.1 Å². The molecule has 0 saturated carbocycles. The minimum atomic E-state index is -0.590. The lowest BCUT2D eigenvalue weighted by molar-refractivity contribution is 0.129. The van der Waals surface area contributed by atoms with E-state index >= 15 is 0 Å². The Labute approximate surface area is 155 Å². The number of benzene rings is 3. The van der Waals surface area contributed by atoms with Crippen LogP contribution >= 0.6 is 0 Å². The highest BCUT2D eigenvalue weighted by molar-refractivity contribution is 5.26. The van der Waals surface area contributed by atoms with Crippen molar-refractivity contribution < 1.29 is 5.11 Å². The SMILES string of the molecule is O[C@H](c1ccccc1)[C@H](NCCNCc1ccccc1)c1ccccc1. The van der Waals surface area contributed by atoms with Gasteiger partial charge in [-0.05, 0) is 16.7 Å². The lowest BCUT2D eigenvalue weighted by Gasteiger charge is -2.25. The van der Waals surface area contributed by atoms with Crippen molar-refractivity contribution >= 4 is 0 Å². The molecule has 0 radical (unpaired) electrons. The number of aliphatic hydroxyl groups excluding tert-OH is 1. The Morgan fingerprint density at radius 2 is 1.19 bits per heavy atom. The second-order valence-corrected chi connectivity index (χ2v) is 6.36. The molecule has 3 aromatic rings. The van der Waals surface area contributed by atoms with Gasteiger partial charge in [-0.3, -0.25) is 0 Å². The highest BCUT2D eigenvalue weighted by Gasteiger charge is 2.21. The second kappa shape index (κ2) is 9.88. The predicted molar refractivity (Wildman–Crippen MR) is 107 cm³/mol. The van der Waals surface area contributed by atoms with Crippen LogP contribution in [0.1, 0.15) is 28.8 Å². The monoisotopic (exact) mass is 346 g/mol. The van der Waals surface area contributed by atoms with Crippen LogP contribution in [-0.2, 0) is 6.54 Å². The summed E-state index contributed by atoms with van der Waals surface area (Å²) in [6, 6.07) is 30.2. The molecule has 0 amide bonds. The molecule has 0 fully saturated rings. The van der Waals surface area contributed by atoms with Gasteiger partial charge < -0.3 is 15.7 Å². The molecule has 3 heteroatoms. The van der Waals surface area contributed by atoms with E-state index in [0.29, 0.717) is 0 Å². The largest absolute Gasteiger partial charge is 0.386 e. The van der Waals surface area contributed by atoms with Crippen LogP contribution in [0.25, 0.3) is 0 Å². The second-order valence-electron chi connectivity index (χ2n) is 6.36. The Balaban J connectivity index is 1.58. The van der Waals surface area contributed by atoms with Crippen molar-refractivity contribution in [3.05, 3.63) is 108 Å². The van der Waals surface area contributed by atoms with Gasteiger partial charge in [0, 0.05) is 19.6 Å². The third kappa shape index (κ3) is 5.27. The molecule has 3 N–H and O–H groups in total. The standard InChI is InChI=1S/C23H26N2O/c26-23(21-14-8-3-9-15-21)22(20-12-6-2-7-13-20)25-17-16-24-18-19-10-4-1-5-11-19/h1-15,22-26H,16-18H2/t22-,23-/m1/s1. The summed E-state index contributed by atoms with van der Waals surface area (Å²) in [4.78, 5) is 0. The van der Waals surface area contributed by atoms with Crippen LogP contribution in [0.4, 0.5) is 0 Å². The van der Waals surface area contributed by atoms with E-state index in [2.05, 4.69) is 47.0 Å². The van der Waals surface area contributed by atoms with Crippen molar-refractivity contribution in [1.82, 2.24) is 10.6 Å². The molecule has 26 heavy (non-hydrogen) atoms. The molecule has 0 bridgehead atoms. The van der Waals surface area contributed by atoms with Crippen LogP contribution in [-0.4, -0.2) is 18.2 Å². The van der Waals surface area contributed by atoms with E-state index < -0.39 is 6.10 Å². The molecule has 0 aliphatic carbocycles. The number of aliphatic hydroxyl groups is 1. The van der Waals surface area contributed by atoms with Gasteiger partial charge in [0.25, 0.3) is 0 Å². The Morgan fingerprint density at radius 3 is 1.81 bits per heavy atom. The van der Waals surface area contributed by atoms with E-state index in [0.717, 1.165) is 30.8 Å². The average Bonchev–Trinajstić information content (AvgIpc) is 2.72. The Bertz CT molecular complexity index is 747. The van der Waals surface area contributed by atoms with Crippen molar-refractivity contribution in [1.29, 1.82) is 0 Å². The molecule has 3 rings (SSSR count). The quantitative estimate of drug-likeness (QED) is 0.516. The zero-order valence-corrected chi connectivity index (χ0v) is 14.9. The third-order valence-electron chi connectivity index (χ3n) is 4.45. The minimum absolute atomic E-state index is 0.142. The van der Waals surface area contributed by atoms with Crippen molar-refractivity contribution in [3.63, 3.8) is 0 Å². The summed E-state index contributed by atoms with van der Waals surface area (Å²) in [6.45, 7) is 2.45. The number of hydrogen-bond donors (Lipinski definition) is 3. The van der Waals surface area contributed by atoms with Crippen LogP contribution in [0, 0.1) is 0 Å². The van der Waals surface area contributed by atoms with Gasteiger partial charge >= 0.3 is 0 Å². The maximum Gasteiger partial charge on any atom is 0.0984 e. The van der Waals surface area contributed by atoms with Crippen molar-refractivity contribution in [2.45, 2.75) is 18.7 Å². The molecule has 3 aromatic carbocycles. The van der Waals surface area contributed by atoms with E-state index in [9.17, 15) is 5.11 Å². The molecule has 134 valence electrons. The first-order chi connectivity index (χ1) is 12.8. The van der Waals surface area contributed by atoms with Gasteiger partial charge in [-0.2, -0.15) is 0 Å². The van der Waals surface area contributed by atoms with Crippen molar-refractivity contribution in [2.24, 2.45) is 0 Å². The summed E-state index contributed by atoms with van der Waals surface area (Å²) in [6.07, 6.45) is -0.590. The molecule has 0 saturated heterocycles. The minimum Gasteiger partial charge on any atom is -0.386 e. The van der Waals surface area contributed by atoms with Gasteiger partial charge in [0.15, 0.2) is 0 Å². The fourth-order valence-corrected chi connectivity index (χ4v) is 3.06.